The van der Waals surface area contributed by atoms with Gasteiger partial charge in [-0.1, -0.05) is 37.6 Å². The van der Waals surface area contributed by atoms with Crippen molar-refractivity contribution in [2.75, 3.05) is 0 Å². The summed E-state index contributed by atoms with van der Waals surface area (Å²) in [6.45, 7) is 4.72. The van der Waals surface area contributed by atoms with Crippen molar-refractivity contribution >= 4 is 5.57 Å². The van der Waals surface area contributed by atoms with Crippen molar-refractivity contribution in [3.8, 4) is 0 Å². The Hall–Kier alpha value is -1.51. The molecule has 1 heterocycles. The number of fused-ring (bicyclic) bond motifs is 5. The second-order valence-corrected chi connectivity index (χ2v) is 9.87. The van der Waals surface area contributed by atoms with Crippen molar-refractivity contribution < 1.29 is 8.78 Å². The Morgan fingerprint density at radius 2 is 1.89 bits per heavy atom. The van der Waals surface area contributed by atoms with Gasteiger partial charge in [0.25, 0.3) is 0 Å². The Labute approximate surface area is 161 Å². The lowest BCUT2D eigenvalue weighted by Gasteiger charge is -2.59. The molecule has 0 spiro atoms. The minimum Gasteiger partial charge on any atom is -0.264 e. The second kappa shape index (κ2) is 5.75. The van der Waals surface area contributed by atoms with Crippen LogP contribution in [0.4, 0.5) is 8.78 Å². The van der Waals surface area contributed by atoms with Crippen LogP contribution in [0.3, 0.4) is 0 Å². The molecule has 0 aliphatic heterocycles. The van der Waals surface area contributed by atoms with Crippen LogP contribution in [0.2, 0.25) is 0 Å². The molecular weight excluding hydrogens is 340 g/mol. The fraction of sp³-hybridized carbons (Fsp3) is 0.625. The van der Waals surface area contributed by atoms with Crippen molar-refractivity contribution in [1.29, 1.82) is 0 Å². The number of aromatic nitrogens is 1. The lowest BCUT2D eigenvalue weighted by atomic mass is 9.46. The molecule has 0 radical (unpaired) electrons. The molecule has 0 aromatic carbocycles. The van der Waals surface area contributed by atoms with Crippen LogP contribution in [0.25, 0.3) is 5.57 Å². The van der Waals surface area contributed by atoms with Crippen LogP contribution in [-0.4, -0.2) is 10.9 Å². The van der Waals surface area contributed by atoms with E-state index in [1.807, 2.05) is 18.5 Å². The van der Waals surface area contributed by atoms with Crippen molar-refractivity contribution in [3.05, 3.63) is 47.8 Å². The van der Waals surface area contributed by atoms with Crippen LogP contribution in [0.5, 0.6) is 0 Å². The van der Waals surface area contributed by atoms with Gasteiger partial charge in [0.2, 0.25) is 5.92 Å². The average Bonchev–Trinajstić information content (AvgIpc) is 3.00. The van der Waals surface area contributed by atoms with E-state index in [-0.39, 0.29) is 29.6 Å². The fourth-order valence-corrected chi connectivity index (χ4v) is 7.11. The molecule has 1 nitrogen and oxygen atoms in total. The third kappa shape index (κ3) is 2.49. The van der Waals surface area contributed by atoms with E-state index in [1.54, 1.807) is 5.57 Å². The highest BCUT2D eigenvalue weighted by atomic mass is 19.3. The fourth-order valence-electron chi connectivity index (χ4n) is 7.11. The van der Waals surface area contributed by atoms with E-state index in [0.29, 0.717) is 18.3 Å². The molecule has 5 atom stereocenters. The normalized spacial score (nSPS) is 42.4. The van der Waals surface area contributed by atoms with Crippen molar-refractivity contribution in [1.82, 2.24) is 4.98 Å². The molecule has 1 aromatic heterocycles. The lowest BCUT2D eigenvalue weighted by Crippen LogP contribution is -2.52. The maximum atomic E-state index is 14.1. The van der Waals surface area contributed by atoms with Gasteiger partial charge in [-0.2, -0.15) is 0 Å². The van der Waals surface area contributed by atoms with E-state index in [1.165, 1.54) is 11.1 Å². The van der Waals surface area contributed by atoms with Gasteiger partial charge in [0.1, 0.15) is 0 Å². The first-order chi connectivity index (χ1) is 12.8. The molecule has 3 unspecified atom stereocenters. The first-order valence-corrected chi connectivity index (χ1v) is 10.5. The molecule has 0 saturated heterocycles. The Kier molecular flexibility index (Phi) is 3.74. The van der Waals surface area contributed by atoms with Gasteiger partial charge in [-0.25, -0.2) is 8.78 Å². The monoisotopic (exact) mass is 369 g/mol. The van der Waals surface area contributed by atoms with Crippen LogP contribution in [0.15, 0.2) is 42.3 Å². The number of hydrogen-bond donors (Lipinski definition) is 0. The predicted octanol–water partition coefficient (Wildman–Crippen LogP) is 6.67. The molecule has 1 aromatic rings. The number of allylic oxidation sites excluding steroid dienone is 4. The van der Waals surface area contributed by atoms with Crippen LogP contribution in [0, 0.1) is 28.6 Å². The van der Waals surface area contributed by atoms with Crippen molar-refractivity contribution in [2.45, 2.75) is 64.7 Å². The predicted molar refractivity (Wildman–Crippen MR) is 104 cm³/mol. The Bertz CT molecular complexity index is 811. The molecular formula is C24H29F2N. The van der Waals surface area contributed by atoms with E-state index in [2.05, 4.69) is 37.0 Å². The highest BCUT2D eigenvalue weighted by Gasteiger charge is 2.58. The molecule has 3 saturated carbocycles. The molecule has 5 rings (SSSR count). The Balaban J connectivity index is 1.45. The topological polar surface area (TPSA) is 12.9 Å². The molecule has 0 N–H and O–H groups in total. The highest BCUT2D eigenvalue weighted by Crippen LogP contribution is 2.67. The summed E-state index contributed by atoms with van der Waals surface area (Å²) < 4.78 is 28.1. The summed E-state index contributed by atoms with van der Waals surface area (Å²) in [5, 5.41) is 0. The van der Waals surface area contributed by atoms with E-state index < -0.39 is 5.92 Å². The van der Waals surface area contributed by atoms with Gasteiger partial charge in [-0.3, -0.25) is 4.98 Å². The lowest BCUT2D eigenvalue weighted by molar-refractivity contribution is -0.139. The van der Waals surface area contributed by atoms with Gasteiger partial charge in [0.15, 0.2) is 0 Å². The van der Waals surface area contributed by atoms with E-state index in [4.69, 9.17) is 0 Å². The molecule has 0 bridgehead atoms. The van der Waals surface area contributed by atoms with Gasteiger partial charge in [-0.15, -0.1) is 0 Å². The summed E-state index contributed by atoms with van der Waals surface area (Å²) in [7, 11) is 0. The number of halogens is 2. The molecule has 4 aliphatic rings. The standard InChI is InChI=1S/C24H29F2N/c1-22-11-12-24(25,26)14-17(22)5-6-18-20-8-7-19(16-4-3-13-27-15-16)23(20,2)10-9-21(18)22/h3-4,7-8,13,15,17-18,21H,5-6,9-12,14H2,1-2H3/t17?,18?,21?,22-,23+/m0/s1. The molecule has 27 heavy (non-hydrogen) atoms. The SMILES string of the molecule is C[C@]12CCC3C(CCC4CC(F)(F)CC[C@@]43C)C1=CC=C2c1cccnc1. The summed E-state index contributed by atoms with van der Waals surface area (Å²) in [6, 6.07) is 4.17. The zero-order chi connectivity index (χ0) is 18.9. The Morgan fingerprint density at radius 3 is 2.67 bits per heavy atom. The Morgan fingerprint density at radius 1 is 1.04 bits per heavy atom. The zero-order valence-electron chi connectivity index (χ0n) is 16.3. The summed E-state index contributed by atoms with van der Waals surface area (Å²) in [4.78, 5) is 4.32. The molecule has 4 aliphatic carbocycles. The summed E-state index contributed by atoms with van der Waals surface area (Å²) in [5.74, 6) is -1.13. The maximum Gasteiger partial charge on any atom is 0.248 e. The van der Waals surface area contributed by atoms with E-state index in [0.717, 1.165) is 25.7 Å². The number of hydrogen-bond acceptors (Lipinski definition) is 1. The molecule has 3 fully saturated rings. The average molecular weight is 369 g/mol. The summed E-state index contributed by atoms with van der Waals surface area (Å²) >= 11 is 0. The number of pyridine rings is 1. The molecule has 0 amide bonds. The van der Waals surface area contributed by atoms with Crippen LogP contribution in [-0.2, 0) is 0 Å². The minimum atomic E-state index is -2.44. The zero-order valence-corrected chi connectivity index (χ0v) is 16.3. The number of alkyl halides is 2. The highest BCUT2D eigenvalue weighted by molar-refractivity contribution is 5.78. The number of rotatable bonds is 1. The minimum absolute atomic E-state index is 0.0821. The maximum absolute atomic E-state index is 14.1. The summed E-state index contributed by atoms with van der Waals surface area (Å²) in [6.07, 6.45) is 13.7. The first-order valence-electron chi connectivity index (χ1n) is 10.5. The molecule has 3 heteroatoms. The van der Waals surface area contributed by atoms with Crippen LogP contribution in [0.1, 0.15) is 64.4 Å². The van der Waals surface area contributed by atoms with Gasteiger partial charge in [-0.05, 0) is 72.5 Å². The molecule has 144 valence electrons. The summed E-state index contributed by atoms with van der Waals surface area (Å²) in [5.41, 5.74) is 4.36. The van der Waals surface area contributed by atoms with Crippen molar-refractivity contribution in [3.63, 3.8) is 0 Å². The third-order valence-corrected chi connectivity index (χ3v) is 8.65. The van der Waals surface area contributed by atoms with Crippen LogP contribution < -0.4 is 0 Å². The van der Waals surface area contributed by atoms with Crippen LogP contribution >= 0.6 is 0 Å². The van der Waals surface area contributed by atoms with E-state index in [9.17, 15) is 8.78 Å². The first kappa shape index (κ1) is 17.6. The number of nitrogens with zero attached hydrogens (tertiary/aromatic N) is 1. The second-order valence-electron chi connectivity index (χ2n) is 9.87. The van der Waals surface area contributed by atoms with Crippen molar-refractivity contribution in [2.24, 2.45) is 28.6 Å². The largest absolute Gasteiger partial charge is 0.264 e. The van der Waals surface area contributed by atoms with Gasteiger partial charge >= 0.3 is 0 Å². The quantitative estimate of drug-likeness (QED) is 0.538. The third-order valence-electron chi connectivity index (χ3n) is 8.65. The smallest absolute Gasteiger partial charge is 0.248 e. The van der Waals surface area contributed by atoms with Gasteiger partial charge < -0.3 is 0 Å². The van der Waals surface area contributed by atoms with E-state index >= 15 is 0 Å². The van der Waals surface area contributed by atoms with Gasteiger partial charge in [0, 0.05) is 30.7 Å². The van der Waals surface area contributed by atoms with Gasteiger partial charge in [0.05, 0.1) is 0 Å².